The smallest absolute Gasteiger partial charge is 0.341 e. The van der Waals surface area contributed by atoms with Crippen molar-refractivity contribution in [3.8, 4) is 5.75 Å². The summed E-state index contributed by atoms with van der Waals surface area (Å²) in [5.74, 6) is -0.592. The second-order valence-corrected chi connectivity index (χ2v) is 4.80. The standard InChI is InChI=1S/C17H13NO5/c19-16(20)10-23-15-6-5-14(12-3-1-2-4-13(12)15)17(18-21)11-7-8-22-9-11/h1-9,21H,10H2,(H,19,20)/b18-17-. The predicted molar refractivity (Wildman–Crippen MR) is 83.2 cm³/mol. The van der Waals surface area contributed by atoms with Gasteiger partial charge in [-0.15, -0.1) is 0 Å². The number of benzene rings is 2. The summed E-state index contributed by atoms with van der Waals surface area (Å²) in [6.07, 6.45) is 2.98. The van der Waals surface area contributed by atoms with Gasteiger partial charge in [0, 0.05) is 16.5 Å². The van der Waals surface area contributed by atoms with Crippen LogP contribution in [0.4, 0.5) is 0 Å². The first kappa shape index (κ1) is 14.6. The highest BCUT2D eigenvalue weighted by Gasteiger charge is 2.15. The van der Waals surface area contributed by atoms with Gasteiger partial charge in [0.25, 0.3) is 0 Å². The van der Waals surface area contributed by atoms with E-state index in [1.807, 2.05) is 24.3 Å². The van der Waals surface area contributed by atoms with Crippen LogP contribution in [0.2, 0.25) is 0 Å². The van der Waals surface area contributed by atoms with Crippen LogP contribution in [0.3, 0.4) is 0 Å². The van der Waals surface area contributed by atoms with Crippen LogP contribution in [0.25, 0.3) is 10.8 Å². The van der Waals surface area contributed by atoms with E-state index in [1.165, 1.54) is 12.5 Å². The summed E-state index contributed by atoms with van der Waals surface area (Å²) in [6.45, 7) is -0.425. The Morgan fingerprint density at radius 1 is 1.13 bits per heavy atom. The first-order chi connectivity index (χ1) is 11.2. The summed E-state index contributed by atoms with van der Waals surface area (Å²) in [4.78, 5) is 10.7. The molecular weight excluding hydrogens is 298 g/mol. The average Bonchev–Trinajstić information content (AvgIpc) is 3.08. The maximum Gasteiger partial charge on any atom is 0.341 e. The molecule has 6 heteroatoms. The fourth-order valence-corrected chi connectivity index (χ4v) is 2.41. The quantitative estimate of drug-likeness (QED) is 0.429. The maximum absolute atomic E-state index is 10.7. The minimum atomic E-state index is -1.05. The SMILES string of the molecule is O=C(O)COc1ccc(/C(=N\O)c2ccoc2)c2ccccc12. The van der Waals surface area contributed by atoms with Crippen LogP contribution < -0.4 is 4.74 Å². The van der Waals surface area contributed by atoms with Gasteiger partial charge in [-0.2, -0.15) is 0 Å². The predicted octanol–water partition coefficient (Wildman–Crippen LogP) is 3.12. The van der Waals surface area contributed by atoms with Crippen molar-refractivity contribution in [3.05, 3.63) is 66.1 Å². The van der Waals surface area contributed by atoms with E-state index < -0.39 is 12.6 Å². The normalized spacial score (nSPS) is 11.6. The molecule has 116 valence electrons. The topological polar surface area (TPSA) is 92.3 Å². The molecule has 0 unspecified atom stereocenters. The van der Waals surface area contributed by atoms with Crippen molar-refractivity contribution in [2.75, 3.05) is 6.61 Å². The Kier molecular flexibility index (Phi) is 3.97. The van der Waals surface area contributed by atoms with E-state index in [0.717, 1.165) is 10.8 Å². The number of ether oxygens (including phenoxy) is 1. The van der Waals surface area contributed by atoms with E-state index in [9.17, 15) is 10.0 Å². The molecule has 1 heterocycles. The molecule has 2 aromatic carbocycles. The number of carbonyl (C=O) groups is 1. The third-order valence-corrected chi connectivity index (χ3v) is 3.38. The van der Waals surface area contributed by atoms with Gasteiger partial charge in [-0.05, 0) is 23.6 Å². The lowest BCUT2D eigenvalue weighted by Crippen LogP contribution is -2.10. The van der Waals surface area contributed by atoms with Crippen LogP contribution in [0.1, 0.15) is 11.1 Å². The van der Waals surface area contributed by atoms with Gasteiger partial charge in [-0.3, -0.25) is 0 Å². The van der Waals surface area contributed by atoms with Gasteiger partial charge in [0.2, 0.25) is 0 Å². The molecule has 23 heavy (non-hydrogen) atoms. The first-order valence-corrected chi connectivity index (χ1v) is 6.82. The van der Waals surface area contributed by atoms with Crippen LogP contribution >= 0.6 is 0 Å². The summed E-state index contributed by atoms with van der Waals surface area (Å²) in [5.41, 5.74) is 1.68. The molecule has 0 aliphatic rings. The van der Waals surface area contributed by atoms with Crippen molar-refractivity contribution in [1.29, 1.82) is 0 Å². The Labute approximate surface area is 131 Å². The van der Waals surface area contributed by atoms with E-state index >= 15 is 0 Å². The van der Waals surface area contributed by atoms with Gasteiger partial charge in [-0.25, -0.2) is 4.79 Å². The number of carboxylic acid groups (broad SMARTS) is 1. The molecule has 1 aromatic heterocycles. The van der Waals surface area contributed by atoms with E-state index in [1.54, 1.807) is 18.2 Å². The van der Waals surface area contributed by atoms with E-state index in [2.05, 4.69) is 5.16 Å². The highest BCUT2D eigenvalue weighted by Crippen LogP contribution is 2.30. The summed E-state index contributed by atoms with van der Waals surface area (Å²) in [5, 5.41) is 23.0. The van der Waals surface area contributed by atoms with Gasteiger partial charge in [-0.1, -0.05) is 29.4 Å². The van der Waals surface area contributed by atoms with Crippen LogP contribution in [-0.4, -0.2) is 28.6 Å². The molecule has 0 aliphatic heterocycles. The van der Waals surface area contributed by atoms with Crippen molar-refractivity contribution in [2.45, 2.75) is 0 Å². The number of furan rings is 1. The molecule has 0 saturated carbocycles. The van der Waals surface area contributed by atoms with Gasteiger partial charge in [0.1, 0.15) is 11.5 Å². The number of hydrogen-bond acceptors (Lipinski definition) is 5. The Balaban J connectivity index is 2.13. The minimum Gasteiger partial charge on any atom is -0.481 e. The van der Waals surface area contributed by atoms with Crippen molar-refractivity contribution < 1.29 is 24.3 Å². The third kappa shape index (κ3) is 2.87. The molecule has 0 spiro atoms. The maximum atomic E-state index is 10.7. The largest absolute Gasteiger partial charge is 0.481 e. The molecule has 0 atom stereocenters. The average molecular weight is 311 g/mol. The van der Waals surface area contributed by atoms with Crippen LogP contribution in [-0.2, 0) is 4.79 Å². The monoisotopic (exact) mass is 311 g/mol. The van der Waals surface area contributed by atoms with Gasteiger partial charge in [0.05, 0.1) is 12.5 Å². The molecule has 0 bridgehead atoms. The number of nitrogens with zero attached hydrogens (tertiary/aromatic N) is 1. The van der Waals surface area contributed by atoms with Crippen molar-refractivity contribution in [2.24, 2.45) is 5.16 Å². The lowest BCUT2D eigenvalue weighted by atomic mass is 9.97. The Hall–Kier alpha value is -3.28. The Morgan fingerprint density at radius 2 is 1.91 bits per heavy atom. The van der Waals surface area contributed by atoms with Gasteiger partial charge in [0.15, 0.2) is 6.61 Å². The zero-order chi connectivity index (χ0) is 16.2. The molecule has 0 saturated heterocycles. The molecular formula is C17H13NO5. The third-order valence-electron chi connectivity index (χ3n) is 3.38. The summed E-state index contributed by atoms with van der Waals surface area (Å²) < 4.78 is 10.4. The number of rotatable bonds is 5. The molecule has 2 N–H and O–H groups in total. The number of hydrogen-bond donors (Lipinski definition) is 2. The number of carboxylic acids is 1. The summed E-state index contributed by atoms with van der Waals surface area (Å²) in [7, 11) is 0. The second kappa shape index (κ2) is 6.23. The lowest BCUT2D eigenvalue weighted by Gasteiger charge is -2.12. The Morgan fingerprint density at radius 3 is 2.57 bits per heavy atom. The van der Waals surface area contributed by atoms with Crippen LogP contribution in [0, 0.1) is 0 Å². The van der Waals surface area contributed by atoms with Crippen molar-refractivity contribution in [1.82, 2.24) is 0 Å². The summed E-state index contributed by atoms with van der Waals surface area (Å²) in [6, 6.07) is 12.4. The fourth-order valence-electron chi connectivity index (χ4n) is 2.41. The molecule has 3 aromatic rings. The highest BCUT2D eigenvalue weighted by molar-refractivity contribution is 6.19. The number of aliphatic carboxylic acids is 1. The first-order valence-electron chi connectivity index (χ1n) is 6.82. The molecule has 0 aliphatic carbocycles. The van der Waals surface area contributed by atoms with E-state index in [4.69, 9.17) is 14.3 Å². The van der Waals surface area contributed by atoms with E-state index in [-0.39, 0.29) is 0 Å². The molecule has 0 radical (unpaired) electrons. The molecule has 0 amide bonds. The lowest BCUT2D eigenvalue weighted by molar-refractivity contribution is -0.139. The Bertz CT molecular complexity index is 868. The number of oxime groups is 1. The van der Waals surface area contributed by atoms with Gasteiger partial charge >= 0.3 is 5.97 Å². The molecule has 6 nitrogen and oxygen atoms in total. The van der Waals surface area contributed by atoms with Gasteiger partial charge < -0.3 is 19.5 Å². The van der Waals surface area contributed by atoms with Crippen molar-refractivity contribution >= 4 is 22.5 Å². The summed E-state index contributed by atoms with van der Waals surface area (Å²) >= 11 is 0. The highest BCUT2D eigenvalue weighted by atomic mass is 16.5. The van der Waals surface area contributed by atoms with Crippen molar-refractivity contribution in [3.63, 3.8) is 0 Å². The van der Waals surface area contributed by atoms with Crippen LogP contribution in [0.15, 0.2) is 64.6 Å². The molecule has 0 fully saturated rings. The minimum absolute atomic E-state index is 0.361. The van der Waals surface area contributed by atoms with E-state index in [0.29, 0.717) is 22.6 Å². The zero-order valence-corrected chi connectivity index (χ0v) is 12.0. The number of fused-ring (bicyclic) bond motifs is 1. The fraction of sp³-hybridized carbons (Fsp3) is 0.0588. The zero-order valence-electron chi connectivity index (χ0n) is 12.0. The van der Waals surface area contributed by atoms with Crippen LogP contribution in [0.5, 0.6) is 5.75 Å². The second-order valence-electron chi connectivity index (χ2n) is 4.80. The molecule has 3 rings (SSSR count).